The van der Waals surface area contributed by atoms with Crippen LogP contribution in [0.5, 0.6) is 0 Å². The van der Waals surface area contributed by atoms with E-state index in [4.69, 9.17) is 0 Å². The molecule has 2 heteroatoms. The fourth-order valence-corrected chi connectivity index (χ4v) is 3.26. The molecule has 0 saturated carbocycles. The molecule has 2 aromatic rings. The van der Waals surface area contributed by atoms with E-state index in [1.807, 2.05) is 0 Å². The van der Waals surface area contributed by atoms with E-state index in [-0.39, 0.29) is 0 Å². The van der Waals surface area contributed by atoms with Gasteiger partial charge in [-0.1, -0.05) is 24.3 Å². The minimum absolute atomic E-state index is 0.467. The topological polar surface area (TPSA) is 12.0 Å². The first-order chi connectivity index (χ1) is 8.34. The summed E-state index contributed by atoms with van der Waals surface area (Å²) in [5, 5.41) is 8.01. The highest BCUT2D eigenvalue weighted by Gasteiger charge is 2.25. The molecule has 0 saturated heterocycles. The maximum atomic E-state index is 3.63. The summed E-state index contributed by atoms with van der Waals surface area (Å²) in [6.07, 6.45) is 1.24. The second kappa shape index (κ2) is 4.63. The maximum absolute atomic E-state index is 3.63. The monoisotopic (exact) mass is 243 g/mol. The van der Waals surface area contributed by atoms with Crippen molar-refractivity contribution in [3.63, 3.8) is 0 Å². The normalized spacial score (nSPS) is 19.5. The highest BCUT2D eigenvalue weighted by Crippen LogP contribution is 2.34. The van der Waals surface area contributed by atoms with Crippen LogP contribution in [-0.2, 0) is 6.42 Å². The van der Waals surface area contributed by atoms with Crippen LogP contribution in [0.4, 0.5) is 0 Å². The Labute approximate surface area is 106 Å². The Bertz CT molecular complexity index is 489. The molecule has 0 spiro atoms. The number of thiophene rings is 1. The zero-order valence-electron chi connectivity index (χ0n) is 10.0. The zero-order chi connectivity index (χ0) is 11.7. The molecule has 1 N–H and O–H groups in total. The smallest absolute Gasteiger partial charge is 0.0300 e. The predicted octanol–water partition coefficient (Wildman–Crippen LogP) is 3.74. The largest absolute Gasteiger partial charge is 0.310 e. The Morgan fingerprint density at radius 1 is 1.35 bits per heavy atom. The van der Waals surface area contributed by atoms with Crippen molar-refractivity contribution in [3.05, 3.63) is 57.8 Å². The van der Waals surface area contributed by atoms with Gasteiger partial charge in [0.15, 0.2) is 0 Å². The molecule has 0 bridgehead atoms. The van der Waals surface area contributed by atoms with Crippen LogP contribution in [0.3, 0.4) is 0 Å². The lowest BCUT2D eigenvalue weighted by Crippen LogP contribution is -2.30. The van der Waals surface area contributed by atoms with Crippen LogP contribution in [0, 0.1) is 0 Å². The molecule has 1 aliphatic carbocycles. The van der Waals surface area contributed by atoms with E-state index in [0.717, 1.165) is 6.54 Å². The van der Waals surface area contributed by atoms with E-state index < -0.39 is 0 Å². The SMILES string of the molecule is CC(NCC1Cc2ccccc21)c1ccsc1. The average molecular weight is 243 g/mol. The average Bonchev–Trinajstić information content (AvgIpc) is 2.83. The maximum Gasteiger partial charge on any atom is 0.0300 e. The van der Waals surface area contributed by atoms with Crippen molar-refractivity contribution in [2.75, 3.05) is 6.54 Å². The van der Waals surface area contributed by atoms with E-state index in [1.54, 1.807) is 11.3 Å². The van der Waals surface area contributed by atoms with Crippen LogP contribution in [0.25, 0.3) is 0 Å². The van der Waals surface area contributed by atoms with Gasteiger partial charge in [-0.2, -0.15) is 11.3 Å². The molecule has 1 nitrogen and oxygen atoms in total. The quantitative estimate of drug-likeness (QED) is 0.862. The van der Waals surface area contributed by atoms with E-state index in [9.17, 15) is 0 Å². The van der Waals surface area contributed by atoms with Crippen LogP contribution < -0.4 is 5.32 Å². The molecule has 1 aliphatic rings. The van der Waals surface area contributed by atoms with Gasteiger partial charge in [0, 0.05) is 18.5 Å². The second-order valence-electron chi connectivity index (χ2n) is 4.79. The first-order valence-electron chi connectivity index (χ1n) is 6.18. The molecule has 1 aromatic carbocycles. The fraction of sp³-hybridized carbons (Fsp3) is 0.333. The molecule has 17 heavy (non-hydrogen) atoms. The molecule has 88 valence electrons. The molecular formula is C15H17NS. The summed E-state index contributed by atoms with van der Waals surface area (Å²) in [7, 11) is 0. The van der Waals surface area contributed by atoms with Crippen molar-refractivity contribution in [1.82, 2.24) is 5.32 Å². The molecule has 0 aliphatic heterocycles. The summed E-state index contributed by atoms with van der Waals surface area (Å²) in [4.78, 5) is 0. The summed E-state index contributed by atoms with van der Waals surface area (Å²) in [5.74, 6) is 0.715. The number of hydrogen-bond donors (Lipinski definition) is 1. The van der Waals surface area contributed by atoms with Gasteiger partial charge in [0.05, 0.1) is 0 Å². The Morgan fingerprint density at radius 2 is 2.24 bits per heavy atom. The lowest BCUT2D eigenvalue weighted by Gasteiger charge is -2.31. The van der Waals surface area contributed by atoms with Gasteiger partial charge in [0.2, 0.25) is 0 Å². The van der Waals surface area contributed by atoms with Crippen LogP contribution in [0.15, 0.2) is 41.1 Å². The van der Waals surface area contributed by atoms with Crippen LogP contribution in [-0.4, -0.2) is 6.54 Å². The first-order valence-corrected chi connectivity index (χ1v) is 7.12. The Balaban J connectivity index is 1.57. The molecule has 0 amide bonds. The fourth-order valence-electron chi connectivity index (χ4n) is 2.50. The number of fused-ring (bicyclic) bond motifs is 1. The Hall–Kier alpha value is -1.12. The van der Waals surface area contributed by atoms with Gasteiger partial charge in [-0.25, -0.2) is 0 Å². The molecule has 1 aromatic heterocycles. The summed E-state index contributed by atoms with van der Waals surface area (Å²) in [5.41, 5.74) is 4.47. The highest BCUT2D eigenvalue weighted by atomic mass is 32.1. The Morgan fingerprint density at radius 3 is 3.00 bits per heavy atom. The molecular weight excluding hydrogens is 226 g/mol. The number of nitrogens with one attached hydrogen (secondary N) is 1. The summed E-state index contributed by atoms with van der Waals surface area (Å²) < 4.78 is 0. The van der Waals surface area contributed by atoms with Gasteiger partial charge in [0.25, 0.3) is 0 Å². The molecule has 2 atom stereocenters. The standard InChI is InChI=1S/C15H17NS/c1-11(13-6-7-17-10-13)16-9-14-8-12-4-2-3-5-15(12)14/h2-7,10-11,14,16H,8-9H2,1H3. The summed E-state index contributed by atoms with van der Waals surface area (Å²) in [6.45, 7) is 3.33. The first kappa shape index (κ1) is 11.0. The second-order valence-corrected chi connectivity index (χ2v) is 5.57. The summed E-state index contributed by atoms with van der Waals surface area (Å²) >= 11 is 1.77. The molecule has 0 radical (unpaired) electrons. The van der Waals surface area contributed by atoms with Gasteiger partial charge in [-0.05, 0) is 46.9 Å². The van der Waals surface area contributed by atoms with Gasteiger partial charge in [0.1, 0.15) is 0 Å². The molecule has 3 rings (SSSR count). The highest BCUT2D eigenvalue weighted by molar-refractivity contribution is 7.07. The van der Waals surface area contributed by atoms with Gasteiger partial charge >= 0.3 is 0 Å². The van der Waals surface area contributed by atoms with Crippen LogP contribution in [0.2, 0.25) is 0 Å². The van der Waals surface area contributed by atoms with Gasteiger partial charge in [-0.3, -0.25) is 0 Å². The van der Waals surface area contributed by atoms with Crippen molar-refractivity contribution in [2.45, 2.75) is 25.3 Å². The Kier molecular flexibility index (Phi) is 3.00. The van der Waals surface area contributed by atoms with Crippen LogP contribution in [0.1, 0.15) is 35.6 Å². The lowest BCUT2D eigenvalue weighted by molar-refractivity contribution is 0.490. The van der Waals surface area contributed by atoms with Crippen molar-refractivity contribution >= 4 is 11.3 Å². The van der Waals surface area contributed by atoms with Gasteiger partial charge in [-0.15, -0.1) is 0 Å². The molecule has 2 unspecified atom stereocenters. The van der Waals surface area contributed by atoms with Crippen LogP contribution >= 0.6 is 11.3 Å². The van der Waals surface area contributed by atoms with E-state index >= 15 is 0 Å². The van der Waals surface area contributed by atoms with E-state index in [0.29, 0.717) is 12.0 Å². The van der Waals surface area contributed by atoms with Crippen molar-refractivity contribution in [1.29, 1.82) is 0 Å². The third kappa shape index (κ3) is 2.15. The minimum Gasteiger partial charge on any atom is -0.310 e. The predicted molar refractivity (Wildman–Crippen MR) is 73.6 cm³/mol. The van der Waals surface area contributed by atoms with Crippen molar-refractivity contribution < 1.29 is 0 Å². The third-order valence-electron chi connectivity index (χ3n) is 3.67. The van der Waals surface area contributed by atoms with Crippen molar-refractivity contribution in [2.24, 2.45) is 0 Å². The minimum atomic E-state index is 0.467. The number of hydrogen-bond acceptors (Lipinski definition) is 2. The zero-order valence-corrected chi connectivity index (χ0v) is 10.8. The van der Waals surface area contributed by atoms with Crippen molar-refractivity contribution in [3.8, 4) is 0 Å². The lowest BCUT2D eigenvalue weighted by atomic mass is 9.77. The van der Waals surface area contributed by atoms with E-state index in [2.05, 4.69) is 53.3 Å². The van der Waals surface area contributed by atoms with Gasteiger partial charge < -0.3 is 5.32 Å². The summed E-state index contributed by atoms with van der Waals surface area (Å²) in [6, 6.07) is 11.5. The molecule has 0 fully saturated rings. The number of benzene rings is 1. The number of rotatable bonds is 4. The molecule has 1 heterocycles. The van der Waals surface area contributed by atoms with E-state index in [1.165, 1.54) is 23.1 Å². The third-order valence-corrected chi connectivity index (χ3v) is 4.38.